The molecule has 0 radical (unpaired) electrons. The van der Waals surface area contributed by atoms with E-state index in [0.29, 0.717) is 21.3 Å². The number of benzene rings is 1. The molecule has 0 bridgehead atoms. The molecule has 5 nitrogen and oxygen atoms in total. The molecule has 0 atom stereocenters. The third kappa shape index (κ3) is 3.09. The standard InChI is InChI=1S/C13H9BrN4O/c14-10-5-8(7-15)1-2-11(10)18-13(19)9-3-4-17-12(16)6-9/h1-6H,(H2,16,17)(H,18,19). The summed E-state index contributed by atoms with van der Waals surface area (Å²) in [6, 6.07) is 10.0. The van der Waals surface area contributed by atoms with E-state index >= 15 is 0 Å². The van der Waals surface area contributed by atoms with E-state index in [1.807, 2.05) is 6.07 Å². The number of hydrogen-bond donors (Lipinski definition) is 2. The molecule has 0 aliphatic rings. The number of amides is 1. The molecule has 0 unspecified atom stereocenters. The third-order valence-corrected chi connectivity index (χ3v) is 3.05. The molecule has 19 heavy (non-hydrogen) atoms. The number of nitriles is 1. The highest BCUT2D eigenvalue weighted by Crippen LogP contribution is 2.24. The molecule has 0 spiro atoms. The maximum Gasteiger partial charge on any atom is 0.255 e. The van der Waals surface area contributed by atoms with Gasteiger partial charge in [-0.15, -0.1) is 0 Å². The summed E-state index contributed by atoms with van der Waals surface area (Å²) >= 11 is 3.30. The van der Waals surface area contributed by atoms with Crippen LogP contribution in [0.4, 0.5) is 11.5 Å². The van der Waals surface area contributed by atoms with Crippen LogP contribution in [-0.4, -0.2) is 10.9 Å². The molecule has 2 aromatic rings. The molecule has 0 fully saturated rings. The number of anilines is 2. The van der Waals surface area contributed by atoms with Crippen molar-refractivity contribution in [3.05, 3.63) is 52.1 Å². The van der Waals surface area contributed by atoms with E-state index in [4.69, 9.17) is 11.0 Å². The second-order valence-electron chi connectivity index (χ2n) is 3.73. The van der Waals surface area contributed by atoms with Crippen LogP contribution < -0.4 is 11.1 Å². The molecular formula is C13H9BrN4O. The smallest absolute Gasteiger partial charge is 0.255 e. The van der Waals surface area contributed by atoms with Gasteiger partial charge in [-0.3, -0.25) is 4.79 Å². The fourth-order valence-electron chi connectivity index (χ4n) is 1.47. The molecule has 1 amide bonds. The fraction of sp³-hybridized carbons (Fsp3) is 0. The van der Waals surface area contributed by atoms with Gasteiger partial charge in [0.2, 0.25) is 0 Å². The number of pyridine rings is 1. The van der Waals surface area contributed by atoms with Crippen molar-refractivity contribution in [2.24, 2.45) is 0 Å². The largest absolute Gasteiger partial charge is 0.384 e. The summed E-state index contributed by atoms with van der Waals surface area (Å²) < 4.78 is 0.641. The van der Waals surface area contributed by atoms with E-state index in [1.54, 1.807) is 24.3 Å². The number of carbonyl (C=O) groups is 1. The maximum atomic E-state index is 12.0. The number of carbonyl (C=O) groups excluding carboxylic acids is 1. The van der Waals surface area contributed by atoms with Crippen LogP contribution >= 0.6 is 15.9 Å². The molecule has 1 aromatic carbocycles. The highest BCUT2D eigenvalue weighted by atomic mass is 79.9. The van der Waals surface area contributed by atoms with E-state index < -0.39 is 0 Å². The summed E-state index contributed by atoms with van der Waals surface area (Å²) in [5, 5.41) is 11.5. The zero-order chi connectivity index (χ0) is 13.8. The lowest BCUT2D eigenvalue weighted by Gasteiger charge is -2.07. The minimum absolute atomic E-state index is 0.284. The number of halogens is 1. The van der Waals surface area contributed by atoms with Crippen LogP contribution in [0.1, 0.15) is 15.9 Å². The Bertz CT molecular complexity index is 679. The highest BCUT2D eigenvalue weighted by Gasteiger charge is 2.09. The SMILES string of the molecule is N#Cc1ccc(NC(=O)c2ccnc(N)c2)c(Br)c1. The molecule has 0 saturated carbocycles. The molecule has 3 N–H and O–H groups in total. The summed E-state index contributed by atoms with van der Waals surface area (Å²) in [6.07, 6.45) is 1.47. The molecule has 0 aliphatic carbocycles. The highest BCUT2D eigenvalue weighted by molar-refractivity contribution is 9.10. The number of rotatable bonds is 2. The predicted octanol–water partition coefficient (Wildman–Crippen LogP) is 2.55. The van der Waals surface area contributed by atoms with Crippen LogP contribution in [0.15, 0.2) is 41.0 Å². The van der Waals surface area contributed by atoms with Gasteiger partial charge in [0, 0.05) is 16.2 Å². The first kappa shape index (κ1) is 13.1. The summed E-state index contributed by atoms with van der Waals surface area (Å²) in [4.78, 5) is 15.8. The molecule has 1 heterocycles. The van der Waals surface area contributed by atoms with Gasteiger partial charge in [-0.05, 0) is 46.3 Å². The zero-order valence-electron chi connectivity index (χ0n) is 9.72. The van der Waals surface area contributed by atoms with Crippen LogP contribution in [0.3, 0.4) is 0 Å². The van der Waals surface area contributed by atoms with Gasteiger partial charge in [0.25, 0.3) is 5.91 Å². The van der Waals surface area contributed by atoms with E-state index in [0.717, 1.165) is 0 Å². The predicted molar refractivity (Wildman–Crippen MR) is 75.5 cm³/mol. The van der Waals surface area contributed by atoms with Crippen LogP contribution in [0.5, 0.6) is 0 Å². The van der Waals surface area contributed by atoms with Gasteiger partial charge in [-0.1, -0.05) is 0 Å². The summed E-state index contributed by atoms with van der Waals surface area (Å²) in [6.45, 7) is 0. The van der Waals surface area contributed by atoms with E-state index in [-0.39, 0.29) is 11.7 Å². The van der Waals surface area contributed by atoms with Gasteiger partial charge in [0.1, 0.15) is 5.82 Å². The Morgan fingerprint density at radius 1 is 1.37 bits per heavy atom. The van der Waals surface area contributed by atoms with Crippen molar-refractivity contribution < 1.29 is 4.79 Å². The fourth-order valence-corrected chi connectivity index (χ4v) is 1.95. The zero-order valence-corrected chi connectivity index (χ0v) is 11.3. The topological polar surface area (TPSA) is 91.8 Å². The number of nitrogen functional groups attached to an aromatic ring is 1. The Morgan fingerprint density at radius 2 is 2.16 bits per heavy atom. The Kier molecular flexibility index (Phi) is 3.78. The van der Waals surface area contributed by atoms with Gasteiger partial charge in [-0.2, -0.15) is 5.26 Å². The first-order chi connectivity index (χ1) is 9.10. The van der Waals surface area contributed by atoms with Gasteiger partial charge in [-0.25, -0.2) is 4.98 Å². The van der Waals surface area contributed by atoms with Gasteiger partial charge < -0.3 is 11.1 Å². The van der Waals surface area contributed by atoms with E-state index in [1.165, 1.54) is 12.3 Å². The maximum absolute atomic E-state index is 12.0. The van der Waals surface area contributed by atoms with Gasteiger partial charge >= 0.3 is 0 Å². The van der Waals surface area contributed by atoms with Crippen LogP contribution in [0.25, 0.3) is 0 Å². The molecule has 6 heteroatoms. The van der Waals surface area contributed by atoms with Crippen LogP contribution in [-0.2, 0) is 0 Å². The normalized spacial score (nSPS) is 9.68. The summed E-state index contributed by atoms with van der Waals surface area (Å²) in [7, 11) is 0. The van der Waals surface area contributed by atoms with Gasteiger partial charge in [0.15, 0.2) is 0 Å². The molecule has 94 valence electrons. The monoisotopic (exact) mass is 316 g/mol. The molecule has 0 saturated heterocycles. The lowest BCUT2D eigenvalue weighted by atomic mass is 10.2. The first-order valence-corrected chi connectivity index (χ1v) is 6.12. The van der Waals surface area contributed by atoms with E-state index in [9.17, 15) is 4.79 Å². The van der Waals surface area contributed by atoms with Crippen molar-refractivity contribution in [2.45, 2.75) is 0 Å². The van der Waals surface area contributed by atoms with Crippen molar-refractivity contribution in [3.63, 3.8) is 0 Å². The van der Waals surface area contributed by atoms with Crippen LogP contribution in [0.2, 0.25) is 0 Å². The van der Waals surface area contributed by atoms with Crippen molar-refractivity contribution >= 4 is 33.3 Å². The number of aromatic nitrogens is 1. The molecule has 2 rings (SSSR count). The Labute approximate surface area is 118 Å². The van der Waals surface area contributed by atoms with E-state index in [2.05, 4.69) is 26.2 Å². The lowest BCUT2D eigenvalue weighted by Crippen LogP contribution is -2.12. The third-order valence-electron chi connectivity index (χ3n) is 2.39. The second kappa shape index (κ2) is 5.50. The Hall–Kier alpha value is -2.39. The van der Waals surface area contributed by atoms with Crippen LogP contribution in [0, 0.1) is 11.3 Å². The van der Waals surface area contributed by atoms with Gasteiger partial charge in [0.05, 0.1) is 17.3 Å². The average Bonchev–Trinajstić information content (AvgIpc) is 2.41. The Balaban J connectivity index is 2.22. The molecule has 1 aromatic heterocycles. The van der Waals surface area contributed by atoms with Crippen molar-refractivity contribution in [1.82, 2.24) is 4.98 Å². The summed E-state index contributed by atoms with van der Waals surface area (Å²) in [5.74, 6) is -0.00829. The number of nitrogens with zero attached hydrogens (tertiary/aromatic N) is 2. The quantitative estimate of drug-likeness (QED) is 0.890. The van der Waals surface area contributed by atoms with Crippen molar-refractivity contribution in [1.29, 1.82) is 5.26 Å². The first-order valence-electron chi connectivity index (χ1n) is 5.32. The van der Waals surface area contributed by atoms with Crippen molar-refractivity contribution in [3.8, 4) is 6.07 Å². The Morgan fingerprint density at radius 3 is 2.79 bits per heavy atom. The number of nitrogens with two attached hydrogens (primary N) is 1. The average molecular weight is 317 g/mol. The molecular weight excluding hydrogens is 308 g/mol. The number of hydrogen-bond acceptors (Lipinski definition) is 4. The minimum Gasteiger partial charge on any atom is -0.384 e. The van der Waals surface area contributed by atoms with Crippen molar-refractivity contribution in [2.75, 3.05) is 11.1 Å². The second-order valence-corrected chi connectivity index (χ2v) is 4.58. The lowest BCUT2D eigenvalue weighted by molar-refractivity contribution is 0.102. The minimum atomic E-state index is -0.292. The number of nitrogens with one attached hydrogen (secondary N) is 1. The summed E-state index contributed by atoms with van der Waals surface area (Å²) in [5.41, 5.74) is 7.04. The molecule has 0 aliphatic heterocycles.